The Hall–Kier alpha value is -1.62. The summed E-state index contributed by atoms with van der Waals surface area (Å²) >= 11 is 0. The van der Waals surface area contributed by atoms with Crippen molar-refractivity contribution < 1.29 is 14.3 Å². The molecule has 1 heterocycles. The molecule has 2 fully saturated rings. The van der Waals surface area contributed by atoms with Crippen molar-refractivity contribution in [3.05, 3.63) is 29.6 Å². The Labute approximate surface area is 149 Å². The van der Waals surface area contributed by atoms with Gasteiger partial charge in [-0.2, -0.15) is 0 Å². The van der Waals surface area contributed by atoms with Crippen LogP contribution in [-0.4, -0.2) is 30.2 Å². The van der Waals surface area contributed by atoms with Gasteiger partial charge < -0.3 is 15.3 Å². The van der Waals surface area contributed by atoms with Crippen LogP contribution >= 0.6 is 0 Å². The Morgan fingerprint density at radius 2 is 2.08 bits per heavy atom. The largest absolute Gasteiger partial charge is 0.393 e. The Morgan fingerprint density at radius 1 is 1.40 bits per heavy atom. The summed E-state index contributed by atoms with van der Waals surface area (Å²) in [5, 5.41) is 12.8. The van der Waals surface area contributed by atoms with E-state index in [1.807, 2.05) is 6.92 Å². The fourth-order valence-corrected chi connectivity index (χ4v) is 4.04. The molecule has 1 aromatic rings. The van der Waals surface area contributed by atoms with Gasteiger partial charge in [-0.15, -0.1) is 0 Å². The standard InChI is InChI=1S/C20H29FN2O2/c1-3-20(9-4-10-20)19(25)22-14(2)17-13-15(21)5-6-18(17)23-11-7-16(24)8-12-23/h5-6,13-14,16,24H,3-4,7-12H2,1-2H3,(H,22,25). The van der Waals surface area contributed by atoms with E-state index >= 15 is 0 Å². The molecule has 0 bridgehead atoms. The minimum absolute atomic E-state index is 0.0954. The summed E-state index contributed by atoms with van der Waals surface area (Å²) in [4.78, 5) is 14.9. The van der Waals surface area contributed by atoms with Crippen molar-refractivity contribution in [1.29, 1.82) is 0 Å². The lowest BCUT2D eigenvalue weighted by Crippen LogP contribution is -2.46. The van der Waals surface area contributed by atoms with Crippen LogP contribution in [0, 0.1) is 11.2 Å². The van der Waals surface area contributed by atoms with Gasteiger partial charge in [-0.25, -0.2) is 4.39 Å². The fourth-order valence-electron chi connectivity index (χ4n) is 4.04. The highest BCUT2D eigenvalue weighted by Gasteiger charge is 2.42. The van der Waals surface area contributed by atoms with Gasteiger partial charge in [-0.05, 0) is 57.2 Å². The molecule has 1 aromatic carbocycles. The number of hydrogen-bond donors (Lipinski definition) is 2. The van der Waals surface area contributed by atoms with Crippen molar-refractivity contribution in [2.75, 3.05) is 18.0 Å². The molecule has 1 unspecified atom stereocenters. The lowest BCUT2D eigenvalue weighted by molar-refractivity contribution is -0.137. The van der Waals surface area contributed by atoms with Crippen molar-refractivity contribution in [1.82, 2.24) is 5.32 Å². The molecule has 4 nitrogen and oxygen atoms in total. The number of rotatable bonds is 5. The summed E-state index contributed by atoms with van der Waals surface area (Å²) in [6.45, 7) is 5.49. The number of carbonyl (C=O) groups is 1. The highest BCUT2D eigenvalue weighted by atomic mass is 19.1. The van der Waals surface area contributed by atoms with E-state index in [1.165, 1.54) is 12.1 Å². The molecule has 0 spiro atoms. The molecule has 2 N–H and O–H groups in total. The monoisotopic (exact) mass is 348 g/mol. The Bertz CT molecular complexity index is 617. The van der Waals surface area contributed by atoms with Gasteiger partial charge in [0.25, 0.3) is 0 Å². The quantitative estimate of drug-likeness (QED) is 0.856. The number of amides is 1. The maximum atomic E-state index is 13.9. The van der Waals surface area contributed by atoms with Crippen LogP contribution in [0.4, 0.5) is 10.1 Å². The van der Waals surface area contributed by atoms with Crippen LogP contribution in [0.1, 0.15) is 64.0 Å². The fraction of sp³-hybridized carbons (Fsp3) is 0.650. The Morgan fingerprint density at radius 3 is 2.64 bits per heavy atom. The molecule has 5 heteroatoms. The van der Waals surface area contributed by atoms with Gasteiger partial charge in [0.05, 0.1) is 12.1 Å². The zero-order valence-electron chi connectivity index (χ0n) is 15.2. The van der Waals surface area contributed by atoms with Crippen LogP contribution in [-0.2, 0) is 4.79 Å². The molecular weight excluding hydrogens is 319 g/mol. The Balaban J connectivity index is 1.78. The van der Waals surface area contributed by atoms with Crippen molar-refractivity contribution >= 4 is 11.6 Å². The molecule has 3 rings (SSSR count). The first kappa shape index (κ1) is 18.2. The second kappa shape index (κ2) is 7.32. The lowest BCUT2D eigenvalue weighted by atomic mass is 9.66. The minimum atomic E-state index is -0.286. The molecule has 138 valence electrons. The highest BCUT2D eigenvalue weighted by Crippen LogP contribution is 2.44. The zero-order valence-corrected chi connectivity index (χ0v) is 15.2. The van der Waals surface area contributed by atoms with E-state index in [1.54, 1.807) is 6.07 Å². The van der Waals surface area contributed by atoms with Gasteiger partial charge in [-0.3, -0.25) is 4.79 Å². The van der Waals surface area contributed by atoms with E-state index in [-0.39, 0.29) is 29.3 Å². The number of piperidine rings is 1. The number of aliphatic hydroxyl groups is 1. The maximum Gasteiger partial charge on any atom is 0.226 e. The molecule has 2 aliphatic rings. The smallest absolute Gasteiger partial charge is 0.226 e. The molecule has 1 saturated heterocycles. The topological polar surface area (TPSA) is 52.6 Å². The molecule has 0 aromatic heterocycles. The Kier molecular flexibility index (Phi) is 5.32. The van der Waals surface area contributed by atoms with Crippen molar-refractivity contribution in [3.63, 3.8) is 0 Å². The first-order valence-electron chi connectivity index (χ1n) is 9.48. The summed E-state index contributed by atoms with van der Waals surface area (Å²) in [6.07, 6.45) is 5.04. The van der Waals surface area contributed by atoms with Crippen molar-refractivity contribution in [2.24, 2.45) is 5.41 Å². The van der Waals surface area contributed by atoms with Gasteiger partial charge >= 0.3 is 0 Å². The molecular formula is C20H29FN2O2. The normalized spacial score (nSPS) is 21.5. The third-order valence-electron chi connectivity index (χ3n) is 6.08. The third-order valence-corrected chi connectivity index (χ3v) is 6.08. The van der Waals surface area contributed by atoms with E-state index in [4.69, 9.17) is 0 Å². The average Bonchev–Trinajstić information content (AvgIpc) is 2.55. The van der Waals surface area contributed by atoms with Gasteiger partial charge in [0, 0.05) is 29.8 Å². The highest BCUT2D eigenvalue weighted by molar-refractivity contribution is 5.84. The van der Waals surface area contributed by atoms with Crippen LogP contribution in [0.15, 0.2) is 18.2 Å². The SMILES string of the molecule is CCC1(C(=O)NC(C)c2cc(F)ccc2N2CCC(O)CC2)CCC1. The summed E-state index contributed by atoms with van der Waals surface area (Å²) in [5.41, 5.74) is 1.55. The second-order valence-electron chi connectivity index (χ2n) is 7.60. The average molecular weight is 348 g/mol. The van der Waals surface area contributed by atoms with Gasteiger partial charge in [0.1, 0.15) is 5.82 Å². The van der Waals surface area contributed by atoms with E-state index in [9.17, 15) is 14.3 Å². The number of anilines is 1. The number of nitrogens with one attached hydrogen (secondary N) is 1. The molecule has 1 aliphatic heterocycles. The van der Waals surface area contributed by atoms with Crippen LogP contribution in [0.2, 0.25) is 0 Å². The second-order valence-corrected chi connectivity index (χ2v) is 7.60. The van der Waals surface area contributed by atoms with E-state index in [2.05, 4.69) is 17.1 Å². The number of carbonyl (C=O) groups excluding carboxylic acids is 1. The van der Waals surface area contributed by atoms with E-state index in [0.29, 0.717) is 0 Å². The van der Waals surface area contributed by atoms with Crippen molar-refractivity contribution in [3.8, 4) is 0 Å². The minimum Gasteiger partial charge on any atom is -0.393 e. The third kappa shape index (κ3) is 3.66. The first-order chi connectivity index (χ1) is 11.9. The molecule has 0 radical (unpaired) electrons. The maximum absolute atomic E-state index is 13.9. The van der Waals surface area contributed by atoms with Gasteiger partial charge in [-0.1, -0.05) is 13.3 Å². The lowest BCUT2D eigenvalue weighted by Gasteiger charge is -2.40. The molecule has 1 amide bonds. The molecule has 1 aliphatic carbocycles. The predicted octanol–water partition coefficient (Wildman–Crippen LogP) is 3.54. The molecule has 1 saturated carbocycles. The van der Waals surface area contributed by atoms with E-state index in [0.717, 1.165) is 62.9 Å². The van der Waals surface area contributed by atoms with E-state index < -0.39 is 0 Å². The number of nitrogens with zero attached hydrogens (tertiary/aromatic N) is 1. The summed E-state index contributed by atoms with van der Waals surface area (Å²) in [7, 11) is 0. The van der Waals surface area contributed by atoms with Crippen LogP contribution in [0.3, 0.4) is 0 Å². The van der Waals surface area contributed by atoms with Gasteiger partial charge in [0.15, 0.2) is 0 Å². The molecule has 1 atom stereocenters. The number of benzene rings is 1. The zero-order chi connectivity index (χ0) is 18.0. The van der Waals surface area contributed by atoms with Crippen LogP contribution in [0.25, 0.3) is 0 Å². The number of aliphatic hydroxyl groups excluding tert-OH is 1. The predicted molar refractivity (Wildman–Crippen MR) is 97.0 cm³/mol. The first-order valence-corrected chi connectivity index (χ1v) is 9.48. The molecule has 25 heavy (non-hydrogen) atoms. The number of hydrogen-bond acceptors (Lipinski definition) is 3. The van der Waals surface area contributed by atoms with Crippen LogP contribution in [0.5, 0.6) is 0 Å². The van der Waals surface area contributed by atoms with Gasteiger partial charge in [0.2, 0.25) is 5.91 Å². The summed E-state index contributed by atoms with van der Waals surface area (Å²) in [5.74, 6) is -0.191. The summed E-state index contributed by atoms with van der Waals surface area (Å²) in [6, 6.07) is 4.56. The summed E-state index contributed by atoms with van der Waals surface area (Å²) < 4.78 is 13.9. The van der Waals surface area contributed by atoms with Crippen LogP contribution < -0.4 is 10.2 Å². The number of halogens is 1. The van der Waals surface area contributed by atoms with Crippen molar-refractivity contribution in [2.45, 2.75) is 64.5 Å².